The zero-order valence-electron chi connectivity index (χ0n) is 13.7. The number of esters is 1. The Labute approximate surface area is 154 Å². The van der Waals surface area contributed by atoms with Crippen molar-refractivity contribution < 1.29 is 26.7 Å². The van der Waals surface area contributed by atoms with E-state index in [0.29, 0.717) is 5.56 Å². The van der Waals surface area contributed by atoms with Crippen molar-refractivity contribution in [3.8, 4) is 5.75 Å². The van der Waals surface area contributed by atoms with Gasteiger partial charge in [-0.05, 0) is 36.8 Å². The van der Waals surface area contributed by atoms with Crippen LogP contribution in [0.3, 0.4) is 0 Å². The Bertz CT molecular complexity index is 1010. The van der Waals surface area contributed by atoms with E-state index in [1.807, 2.05) is 0 Å². The molecule has 0 aliphatic carbocycles. The van der Waals surface area contributed by atoms with Gasteiger partial charge < -0.3 is 4.74 Å². The second kappa shape index (κ2) is 6.61. The molecule has 0 amide bonds. The first-order chi connectivity index (χ1) is 12.1. The van der Waals surface area contributed by atoms with Gasteiger partial charge in [0, 0.05) is 16.5 Å². The average molecular weight is 402 g/mol. The number of rotatable bonds is 3. The van der Waals surface area contributed by atoms with Crippen LogP contribution in [0.5, 0.6) is 5.75 Å². The molecule has 1 aliphatic heterocycles. The maximum absolute atomic E-state index is 14.2. The Morgan fingerprint density at radius 3 is 2.50 bits per heavy atom. The molecule has 2 aromatic rings. The van der Waals surface area contributed by atoms with Crippen LogP contribution in [0.15, 0.2) is 35.2 Å². The van der Waals surface area contributed by atoms with Crippen molar-refractivity contribution >= 4 is 27.6 Å². The summed E-state index contributed by atoms with van der Waals surface area (Å²) in [4.78, 5) is 11.6. The smallest absolute Gasteiger partial charge is 0.330 e. The molecule has 0 radical (unpaired) electrons. The lowest BCUT2D eigenvalue weighted by Gasteiger charge is -2.31. The Kier molecular flexibility index (Phi) is 4.76. The van der Waals surface area contributed by atoms with E-state index in [1.54, 1.807) is 6.92 Å². The molecule has 0 saturated carbocycles. The van der Waals surface area contributed by atoms with E-state index >= 15 is 0 Å². The van der Waals surface area contributed by atoms with Crippen molar-refractivity contribution in [3.05, 3.63) is 58.1 Å². The Morgan fingerprint density at radius 2 is 1.85 bits per heavy atom. The Hall–Kier alpha value is -2.03. The van der Waals surface area contributed by atoms with Crippen molar-refractivity contribution in [2.45, 2.75) is 30.7 Å². The monoisotopic (exact) mass is 401 g/mol. The maximum atomic E-state index is 14.2. The molecule has 26 heavy (non-hydrogen) atoms. The van der Waals surface area contributed by atoms with Gasteiger partial charge in [0.25, 0.3) is 0 Å². The number of fused-ring (bicyclic) bond motifs is 1. The van der Waals surface area contributed by atoms with E-state index < -0.39 is 44.5 Å². The minimum atomic E-state index is -4.41. The third kappa shape index (κ3) is 3.20. The summed E-state index contributed by atoms with van der Waals surface area (Å²) in [6, 6.07) is 4.31. The van der Waals surface area contributed by atoms with Crippen LogP contribution in [0.2, 0.25) is 5.02 Å². The molecular weight excluding hydrogens is 388 g/mol. The zero-order chi connectivity index (χ0) is 19.2. The Morgan fingerprint density at radius 1 is 1.15 bits per heavy atom. The molecule has 2 aromatic carbocycles. The van der Waals surface area contributed by atoms with Gasteiger partial charge in [-0.15, -0.1) is 0 Å². The summed E-state index contributed by atoms with van der Waals surface area (Å²) in [6.07, 6.45) is 0. The molecule has 1 N–H and O–H groups in total. The number of benzene rings is 2. The highest BCUT2D eigenvalue weighted by molar-refractivity contribution is 7.89. The van der Waals surface area contributed by atoms with Crippen LogP contribution in [-0.4, -0.2) is 20.4 Å². The number of halogens is 3. The lowest BCUT2D eigenvalue weighted by molar-refractivity contribution is -0.138. The highest BCUT2D eigenvalue weighted by Crippen LogP contribution is 2.38. The average Bonchev–Trinajstić information content (AvgIpc) is 2.54. The number of hydrogen-bond acceptors (Lipinski definition) is 4. The maximum Gasteiger partial charge on any atom is 0.330 e. The molecule has 0 bridgehead atoms. The number of sulfonamides is 1. The van der Waals surface area contributed by atoms with Crippen LogP contribution in [0.4, 0.5) is 8.78 Å². The Balaban J connectivity index is 1.99. The van der Waals surface area contributed by atoms with Crippen LogP contribution in [0.1, 0.15) is 24.0 Å². The molecular formula is C17H14ClF2NO4S. The van der Waals surface area contributed by atoms with Crippen molar-refractivity contribution in [3.63, 3.8) is 0 Å². The summed E-state index contributed by atoms with van der Waals surface area (Å²) in [7, 11) is -4.41. The van der Waals surface area contributed by atoms with Crippen LogP contribution >= 0.6 is 11.6 Å². The first-order valence-electron chi connectivity index (χ1n) is 7.60. The van der Waals surface area contributed by atoms with E-state index in [4.69, 9.17) is 16.3 Å². The van der Waals surface area contributed by atoms with Gasteiger partial charge in [0.1, 0.15) is 28.3 Å². The second-order valence-electron chi connectivity index (χ2n) is 5.99. The molecule has 0 spiro atoms. The van der Waals surface area contributed by atoms with Crippen molar-refractivity contribution in [2.24, 2.45) is 0 Å². The molecule has 1 aliphatic rings. The van der Waals surface area contributed by atoms with E-state index in [1.165, 1.54) is 25.1 Å². The van der Waals surface area contributed by atoms with Gasteiger partial charge in [-0.3, -0.25) is 0 Å². The molecule has 9 heteroatoms. The number of carbonyl (C=O) groups excluding carboxylic acids is 1. The van der Waals surface area contributed by atoms with Crippen LogP contribution in [0.25, 0.3) is 0 Å². The van der Waals surface area contributed by atoms with Gasteiger partial charge in [-0.25, -0.2) is 22.0 Å². The minimum Gasteiger partial charge on any atom is -0.425 e. The van der Waals surface area contributed by atoms with Gasteiger partial charge in [-0.1, -0.05) is 24.6 Å². The van der Waals surface area contributed by atoms with Gasteiger partial charge in [0.05, 0.1) is 0 Å². The highest BCUT2D eigenvalue weighted by atomic mass is 35.5. The van der Waals surface area contributed by atoms with Crippen LogP contribution < -0.4 is 9.46 Å². The van der Waals surface area contributed by atoms with Crippen molar-refractivity contribution in [1.82, 2.24) is 4.72 Å². The predicted molar refractivity (Wildman–Crippen MR) is 90.7 cm³/mol. The number of nitrogens with one attached hydrogen (secondary N) is 1. The number of ether oxygens (including phenoxy) is 1. The fourth-order valence-electron chi connectivity index (χ4n) is 2.85. The molecule has 2 atom stereocenters. The molecule has 138 valence electrons. The quantitative estimate of drug-likeness (QED) is 0.632. The largest absolute Gasteiger partial charge is 0.425 e. The second-order valence-corrected chi connectivity index (χ2v) is 8.11. The molecule has 0 saturated heterocycles. The molecule has 0 fully saturated rings. The number of aryl methyl sites for hydroxylation is 1. The normalized spacial score (nSPS) is 19.8. The third-order valence-corrected chi connectivity index (χ3v) is 5.93. The lowest BCUT2D eigenvalue weighted by Crippen LogP contribution is -2.48. The topological polar surface area (TPSA) is 72.5 Å². The van der Waals surface area contributed by atoms with Gasteiger partial charge in [0.2, 0.25) is 10.0 Å². The van der Waals surface area contributed by atoms with E-state index in [2.05, 4.69) is 4.72 Å². The standard InChI is InChI=1S/C17H14ClF2NO4S/c1-8-3-5-11(19)14-9(2)15(17(22)25-16(8)14)21-26(23,24)13-6-4-10(18)7-12(13)20/h3-7,9,15,21H,1-2H3/t9-,15+/m1/s1. The van der Waals surface area contributed by atoms with Crippen molar-refractivity contribution in [2.75, 3.05) is 0 Å². The zero-order valence-corrected chi connectivity index (χ0v) is 15.3. The first kappa shape index (κ1) is 18.8. The molecule has 3 rings (SSSR count). The van der Waals surface area contributed by atoms with Crippen LogP contribution in [0, 0.1) is 18.6 Å². The SMILES string of the molecule is Cc1ccc(F)c2c1OC(=O)[C@@H](NS(=O)(=O)c1ccc(Cl)cc1F)[C@@H]2C. The predicted octanol–water partition coefficient (Wildman–Crippen LogP) is 3.30. The summed E-state index contributed by atoms with van der Waals surface area (Å²) >= 11 is 5.62. The summed E-state index contributed by atoms with van der Waals surface area (Å²) in [6.45, 7) is 3.14. The molecule has 1 heterocycles. The molecule has 0 aromatic heterocycles. The van der Waals surface area contributed by atoms with E-state index in [0.717, 1.165) is 12.1 Å². The molecule has 5 nitrogen and oxygen atoms in total. The lowest BCUT2D eigenvalue weighted by atomic mass is 9.89. The fourth-order valence-corrected chi connectivity index (χ4v) is 4.34. The number of hydrogen-bond donors (Lipinski definition) is 1. The summed E-state index contributed by atoms with van der Waals surface area (Å²) in [5.74, 6) is -3.35. The van der Waals surface area contributed by atoms with E-state index in [9.17, 15) is 22.0 Å². The van der Waals surface area contributed by atoms with Crippen LogP contribution in [-0.2, 0) is 14.8 Å². The highest BCUT2D eigenvalue weighted by Gasteiger charge is 2.40. The van der Waals surface area contributed by atoms with Crippen molar-refractivity contribution in [1.29, 1.82) is 0 Å². The third-order valence-electron chi connectivity index (χ3n) is 4.22. The van der Waals surface area contributed by atoms with Gasteiger partial charge in [-0.2, -0.15) is 4.72 Å². The minimum absolute atomic E-state index is 0.0263. The van der Waals surface area contributed by atoms with E-state index in [-0.39, 0.29) is 16.3 Å². The summed E-state index contributed by atoms with van der Waals surface area (Å²) in [5.41, 5.74) is 0.639. The van der Waals surface area contributed by atoms with Gasteiger partial charge in [0.15, 0.2) is 0 Å². The van der Waals surface area contributed by atoms with Gasteiger partial charge >= 0.3 is 5.97 Å². The summed E-state index contributed by atoms with van der Waals surface area (Å²) < 4.78 is 60.4. The summed E-state index contributed by atoms with van der Waals surface area (Å²) in [5, 5.41) is 0.0263. The first-order valence-corrected chi connectivity index (χ1v) is 9.46. The fraction of sp³-hybridized carbons (Fsp3) is 0.235. The molecule has 0 unspecified atom stereocenters. The number of carbonyl (C=O) groups is 1.